The number of aromatic nitrogens is 2. The Labute approximate surface area is 213 Å². The number of rotatable bonds is 8. The lowest BCUT2D eigenvalue weighted by Crippen LogP contribution is -2.32. The van der Waals surface area contributed by atoms with Gasteiger partial charge in [-0.2, -0.15) is 0 Å². The van der Waals surface area contributed by atoms with Crippen LogP contribution < -0.4 is 20.5 Å². The molecule has 1 unspecified atom stereocenters. The molecule has 0 saturated heterocycles. The number of nitrogens with zero attached hydrogens (tertiary/aromatic N) is 2. The molecule has 0 saturated carbocycles. The van der Waals surface area contributed by atoms with Crippen LogP contribution in [-0.2, 0) is 18.0 Å². The third kappa shape index (κ3) is 5.82. The molecule has 2 aromatic carbocycles. The van der Waals surface area contributed by atoms with Gasteiger partial charge in [-0.25, -0.2) is 4.98 Å². The Morgan fingerprint density at radius 2 is 1.86 bits per heavy atom. The summed E-state index contributed by atoms with van der Waals surface area (Å²) in [6.45, 7) is 3.88. The van der Waals surface area contributed by atoms with Crippen molar-refractivity contribution in [3.8, 4) is 11.5 Å². The number of nitrogens with two attached hydrogens (primary N) is 1. The fraction of sp³-hybridized carbons (Fsp3) is 0.192. The topological polar surface area (TPSA) is 99.4 Å². The van der Waals surface area contributed by atoms with Gasteiger partial charge in [0, 0.05) is 33.9 Å². The zero-order valence-electron chi connectivity index (χ0n) is 19.2. The summed E-state index contributed by atoms with van der Waals surface area (Å²) in [5, 5.41) is 4.21. The van der Waals surface area contributed by atoms with Gasteiger partial charge in [0.15, 0.2) is 0 Å². The van der Waals surface area contributed by atoms with Crippen molar-refractivity contribution >= 4 is 45.7 Å². The number of halogens is 2. The second kappa shape index (κ2) is 10.9. The Bertz CT molecular complexity index is 1360. The highest BCUT2D eigenvalue weighted by Gasteiger charge is 2.17. The minimum atomic E-state index is -0.680. The molecular formula is C26H24Cl2N4O3. The van der Waals surface area contributed by atoms with Crippen molar-refractivity contribution in [2.24, 2.45) is 5.73 Å². The normalized spacial score (nSPS) is 11.8. The van der Waals surface area contributed by atoms with Crippen molar-refractivity contribution in [1.82, 2.24) is 9.97 Å². The van der Waals surface area contributed by atoms with E-state index < -0.39 is 6.04 Å². The number of hydrogen-bond acceptors (Lipinski definition) is 6. The van der Waals surface area contributed by atoms with Crippen LogP contribution in [0.4, 0.5) is 5.69 Å². The van der Waals surface area contributed by atoms with Crippen molar-refractivity contribution in [3.05, 3.63) is 87.8 Å². The maximum atomic E-state index is 12.0. The summed E-state index contributed by atoms with van der Waals surface area (Å²) in [5.74, 6) is 0.874. The first-order chi connectivity index (χ1) is 16.8. The number of hydrogen-bond donors (Lipinski definition) is 2. The molecule has 0 aliphatic heterocycles. The van der Waals surface area contributed by atoms with E-state index in [-0.39, 0.29) is 17.5 Å². The predicted molar refractivity (Wildman–Crippen MR) is 138 cm³/mol. The molecule has 4 aromatic rings. The Hall–Kier alpha value is -3.39. The average molecular weight is 511 g/mol. The largest absolute Gasteiger partial charge is 0.487 e. The molecule has 3 N–H and O–H groups in total. The van der Waals surface area contributed by atoms with E-state index in [4.69, 9.17) is 38.4 Å². The first-order valence-corrected chi connectivity index (χ1v) is 11.7. The lowest BCUT2D eigenvalue weighted by atomic mass is 10.1. The van der Waals surface area contributed by atoms with Crippen LogP contribution in [0, 0.1) is 6.92 Å². The van der Waals surface area contributed by atoms with E-state index in [1.165, 1.54) is 0 Å². The van der Waals surface area contributed by atoms with E-state index in [2.05, 4.69) is 15.3 Å². The second-order valence-electron chi connectivity index (χ2n) is 7.98. The maximum Gasteiger partial charge on any atom is 0.241 e. The molecule has 7 nitrogen and oxygen atoms in total. The summed E-state index contributed by atoms with van der Waals surface area (Å²) >= 11 is 12.9. The Morgan fingerprint density at radius 1 is 1.06 bits per heavy atom. The number of fused-ring (bicyclic) bond motifs is 1. The van der Waals surface area contributed by atoms with Gasteiger partial charge < -0.3 is 20.5 Å². The smallest absolute Gasteiger partial charge is 0.241 e. The molecule has 0 aliphatic carbocycles. The van der Waals surface area contributed by atoms with Crippen LogP contribution in [0.1, 0.15) is 23.9 Å². The summed E-state index contributed by atoms with van der Waals surface area (Å²) in [6, 6.07) is 15.8. The highest BCUT2D eigenvalue weighted by atomic mass is 35.5. The van der Waals surface area contributed by atoms with Crippen molar-refractivity contribution in [2.75, 3.05) is 5.32 Å². The molecule has 0 bridgehead atoms. The Kier molecular flexibility index (Phi) is 7.70. The van der Waals surface area contributed by atoms with Gasteiger partial charge in [-0.3, -0.25) is 9.78 Å². The fourth-order valence-electron chi connectivity index (χ4n) is 3.41. The van der Waals surface area contributed by atoms with Crippen LogP contribution in [0.2, 0.25) is 10.0 Å². The summed E-state index contributed by atoms with van der Waals surface area (Å²) in [6.07, 6.45) is 1.73. The number of amides is 1. The molecule has 180 valence electrons. The molecule has 0 spiro atoms. The van der Waals surface area contributed by atoms with Gasteiger partial charge >= 0.3 is 0 Å². The Morgan fingerprint density at radius 3 is 2.60 bits per heavy atom. The molecule has 2 heterocycles. The Balaban J connectivity index is 1.60. The highest BCUT2D eigenvalue weighted by molar-refractivity contribution is 6.38. The molecule has 1 atom stereocenters. The van der Waals surface area contributed by atoms with E-state index in [1.807, 2.05) is 49.4 Å². The molecule has 35 heavy (non-hydrogen) atoms. The van der Waals surface area contributed by atoms with E-state index in [0.29, 0.717) is 39.9 Å². The molecular weight excluding hydrogens is 487 g/mol. The molecule has 0 fully saturated rings. The number of carbonyl (C=O) groups is 1. The number of aryl methyl sites for hydroxylation is 1. The molecule has 4 rings (SSSR count). The minimum absolute atomic E-state index is 0.0679. The number of para-hydroxylation sites is 1. The zero-order chi connectivity index (χ0) is 24.9. The highest BCUT2D eigenvalue weighted by Crippen LogP contribution is 2.35. The number of pyridine rings is 2. The number of carbonyl (C=O) groups excluding carboxylic acids is 1. The van der Waals surface area contributed by atoms with Gasteiger partial charge in [0.05, 0.1) is 22.4 Å². The molecule has 0 radical (unpaired) electrons. The number of ether oxygens (including phenoxy) is 2. The number of benzene rings is 2. The maximum absolute atomic E-state index is 12.0. The standard InChI is InChI=1S/C26H24Cl2N4O3/c1-15-12-23(34-13-17-6-3-4-11-30-17)18-7-5-8-22(25(18)31-15)35-14-19-20(27)9-10-21(24(19)28)32-26(33)16(2)29/h3-12,16H,13-14,29H2,1-2H3,(H,32,33). The number of nitrogens with one attached hydrogen (secondary N) is 1. The van der Waals surface area contributed by atoms with Crippen molar-refractivity contribution in [3.63, 3.8) is 0 Å². The van der Waals surface area contributed by atoms with E-state index in [9.17, 15) is 4.79 Å². The monoisotopic (exact) mass is 510 g/mol. The first kappa shape index (κ1) is 24.7. The lowest BCUT2D eigenvalue weighted by Gasteiger charge is -2.16. The van der Waals surface area contributed by atoms with Gasteiger partial charge in [0.1, 0.15) is 30.2 Å². The van der Waals surface area contributed by atoms with Crippen LogP contribution in [0.5, 0.6) is 11.5 Å². The third-order valence-corrected chi connectivity index (χ3v) is 6.01. The van der Waals surface area contributed by atoms with Gasteiger partial charge in [-0.15, -0.1) is 0 Å². The summed E-state index contributed by atoms with van der Waals surface area (Å²) in [5.41, 5.74) is 8.84. The van der Waals surface area contributed by atoms with Crippen molar-refractivity contribution in [2.45, 2.75) is 33.1 Å². The molecule has 0 aliphatic rings. The molecule has 9 heteroatoms. The first-order valence-electron chi connectivity index (χ1n) is 10.9. The van der Waals surface area contributed by atoms with Gasteiger partial charge in [0.2, 0.25) is 5.91 Å². The molecule has 1 amide bonds. The van der Waals surface area contributed by atoms with E-state index in [1.54, 1.807) is 25.3 Å². The SMILES string of the molecule is Cc1cc(OCc2ccccn2)c2cccc(OCc3c(Cl)ccc(NC(=O)C(C)N)c3Cl)c2n1. The average Bonchev–Trinajstić information content (AvgIpc) is 2.84. The van der Waals surface area contributed by atoms with Crippen molar-refractivity contribution < 1.29 is 14.3 Å². The van der Waals surface area contributed by atoms with Crippen LogP contribution in [0.15, 0.2) is 60.8 Å². The second-order valence-corrected chi connectivity index (χ2v) is 8.76. The van der Waals surface area contributed by atoms with Crippen LogP contribution in [0.25, 0.3) is 10.9 Å². The minimum Gasteiger partial charge on any atom is -0.487 e. The number of anilines is 1. The molecule has 2 aromatic heterocycles. The summed E-state index contributed by atoms with van der Waals surface area (Å²) < 4.78 is 12.2. The summed E-state index contributed by atoms with van der Waals surface area (Å²) in [4.78, 5) is 21.0. The van der Waals surface area contributed by atoms with Crippen molar-refractivity contribution in [1.29, 1.82) is 0 Å². The van der Waals surface area contributed by atoms with Crippen LogP contribution >= 0.6 is 23.2 Å². The lowest BCUT2D eigenvalue weighted by molar-refractivity contribution is -0.117. The predicted octanol–water partition coefficient (Wildman–Crippen LogP) is 5.69. The fourth-order valence-corrected chi connectivity index (χ4v) is 3.93. The zero-order valence-corrected chi connectivity index (χ0v) is 20.7. The van der Waals surface area contributed by atoms with E-state index in [0.717, 1.165) is 16.8 Å². The van der Waals surface area contributed by atoms with Gasteiger partial charge in [0.25, 0.3) is 0 Å². The van der Waals surface area contributed by atoms with Gasteiger partial charge in [-0.05, 0) is 50.2 Å². The van der Waals surface area contributed by atoms with E-state index >= 15 is 0 Å². The van der Waals surface area contributed by atoms with Crippen LogP contribution in [-0.4, -0.2) is 21.9 Å². The van der Waals surface area contributed by atoms with Gasteiger partial charge in [-0.1, -0.05) is 35.3 Å². The quantitative estimate of drug-likeness (QED) is 0.315. The van der Waals surface area contributed by atoms with Crippen LogP contribution in [0.3, 0.4) is 0 Å². The summed E-state index contributed by atoms with van der Waals surface area (Å²) in [7, 11) is 0. The third-order valence-electron chi connectivity index (χ3n) is 5.22.